The van der Waals surface area contributed by atoms with Crippen LogP contribution in [0, 0.1) is 11.6 Å². The van der Waals surface area contributed by atoms with Crippen molar-refractivity contribution in [1.82, 2.24) is 15.6 Å². The molecule has 1 aromatic heterocycles. The van der Waals surface area contributed by atoms with Gasteiger partial charge in [-0.25, -0.2) is 13.8 Å². The van der Waals surface area contributed by atoms with Gasteiger partial charge >= 0.3 is 0 Å². The number of benzene rings is 1. The molecule has 2 N–H and O–H groups in total. The van der Waals surface area contributed by atoms with E-state index in [1.165, 1.54) is 6.07 Å². The molecular formula is C17H22F2N4S. The minimum Gasteiger partial charge on any atom is -0.356 e. The summed E-state index contributed by atoms with van der Waals surface area (Å²) >= 11 is 1.61. The van der Waals surface area contributed by atoms with Gasteiger partial charge in [-0.05, 0) is 24.0 Å². The zero-order valence-electron chi connectivity index (χ0n) is 14.1. The molecular weight excluding hydrogens is 330 g/mol. The summed E-state index contributed by atoms with van der Waals surface area (Å²) in [6, 6.07) is 4.21. The molecule has 0 saturated carbocycles. The highest BCUT2D eigenvalue weighted by molar-refractivity contribution is 7.09. The van der Waals surface area contributed by atoms with Gasteiger partial charge in [-0.3, -0.25) is 4.99 Å². The first-order valence-corrected chi connectivity index (χ1v) is 8.71. The van der Waals surface area contributed by atoms with Crippen LogP contribution in [0.2, 0.25) is 0 Å². The average molecular weight is 352 g/mol. The minimum atomic E-state index is -0.820. The molecule has 0 aliphatic rings. The number of thiazole rings is 1. The molecule has 0 amide bonds. The van der Waals surface area contributed by atoms with E-state index < -0.39 is 11.6 Å². The number of guanidine groups is 1. The fraction of sp³-hybridized carbons (Fsp3) is 0.412. The molecule has 0 aliphatic heterocycles. The predicted octanol–water partition coefficient (Wildman–Crippen LogP) is 3.45. The van der Waals surface area contributed by atoms with Gasteiger partial charge in [-0.1, -0.05) is 26.0 Å². The van der Waals surface area contributed by atoms with Crippen LogP contribution in [0.1, 0.15) is 36.0 Å². The summed E-state index contributed by atoms with van der Waals surface area (Å²) in [6.45, 7) is 5.25. The van der Waals surface area contributed by atoms with E-state index in [9.17, 15) is 8.78 Å². The first-order chi connectivity index (χ1) is 11.5. The van der Waals surface area contributed by atoms with Crippen LogP contribution in [0.4, 0.5) is 8.78 Å². The maximum atomic E-state index is 13.6. The Bertz CT molecular complexity index is 698. The normalized spacial score (nSPS) is 11.8. The van der Waals surface area contributed by atoms with Gasteiger partial charge < -0.3 is 10.6 Å². The molecule has 0 bridgehead atoms. The second kappa shape index (κ2) is 8.73. The standard InChI is InChI=1S/C17H22F2N4S/c1-11(2)14-10-24-15(23-14)9-22-17(20-3)21-8-7-12-5-4-6-13(18)16(12)19/h4-6,10-11H,7-9H2,1-3H3,(H2,20,21,22). The molecule has 0 spiro atoms. The van der Waals surface area contributed by atoms with Crippen LogP contribution in [0.25, 0.3) is 0 Å². The lowest BCUT2D eigenvalue weighted by molar-refractivity contribution is 0.498. The smallest absolute Gasteiger partial charge is 0.191 e. The van der Waals surface area contributed by atoms with Crippen LogP contribution in [-0.2, 0) is 13.0 Å². The maximum absolute atomic E-state index is 13.6. The number of hydrogen-bond acceptors (Lipinski definition) is 3. The van der Waals surface area contributed by atoms with E-state index in [0.717, 1.165) is 16.8 Å². The number of aliphatic imine (C=N–C) groups is 1. The van der Waals surface area contributed by atoms with Crippen molar-refractivity contribution in [1.29, 1.82) is 0 Å². The second-order valence-electron chi connectivity index (χ2n) is 5.64. The van der Waals surface area contributed by atoms with E-state index in [0.29, 0.717) is 37.0 Å². The van der Waals surface area contributed by atoms with Gasteiger partial charge in [0.15, 0.2) is 17.6 Å². The van der Waals surface area contributed by atoms with Gasteiger partial charge in [0, 0.05) is 19.0 Å². The summed E-state index contributed by atoms with van der Waals surface area (Å²) in [5, 5.41) is 9.30. The van der Waals surface area contributed by atoms with Gasteiger partial charge in [0.05, 0.1) is 12.2 Å². The van der Waals surface area contributed by atoms with Crippen molar-refractivity contribution in [2.24, 2.45) is 4.99 Å². The van der Waals surface area contributed by atoms with E-state index >= 15 is 0 Å². The monoisotopic (exact) mass is 352 g/mol. The molecule has 0 saturated heterocycles. The third-order valence-corrected chi connectivity index (χ3v) is 4.38. The molecule has 2 aromatic rings. The molecule has 0 aliphatic carbocycles. The van der Waals surface area contributed by atoms with Gasteiger partial charge in [0.2, 0.25) is 0 Å². The first-order valence-electron chi connectivity index (χ1n) is 7.83. The van der Waals surface area contributed by atoms with E-state index in [4.69, 9.17) is 0 Å². The number of hydrogen-bond donors (Lipinski definition) is 2. The van der Waals surface area contributed by atoms with Crippen LogP contribution in [0.15, 0.2) is 28.6 Å². The Morgan fingerprint density at radius 3 is 2.75 bits per heavy atom. The Morgan fingerprint density at radius 2 is 2.08 bits per heavy atom. The zero-order chi connectivity index (χ0) is 17.5. The van der Waals surface area contributed by atoms with Crippen molar-refractivity contribution in [3.8, 4) is 0 Å². The van der Waals surface area contributed by atoms with Crippen LogP contribution in [0.3, 0.4) is 0 Å². The summed E-state index contributed by atoms with van der Waals surface area (Å²) in [7, 11) is 1.67. The number of nitrogens with zero attached hydrogens (tertiary/aromatic N) is 2. The van der Waals surface area contributed by atoms with Crippen molar-refractivity contribution in [3.05, 3.63) is 51.5 Å². The lowest BCUT2D eigenvalue weighted by atomic mass is 10.1. The first kappa shape index (κ1) is 18.3. The number of halogens is 2. The zero-order valence-corrected chi connectivity index (χ0v) is 14.9. The van der Waals surface area contributed by atoms with Crippen LogP contribution < -0.4 is 10.6 Å². The number of rotatable bonds is 6. The summed E-state index contributed by atoms with van der Waals surface area (Å²) in [5.41, 5.74) is 1.43. The van der Waals surface area contributed by atoms with Crippen LogP contribution >= 0.6 is 11.3 Å². The molecule has 0 atom stereocenters. The highest BCUT2D eigenvalue weighted by atomic mass is 32.1. The van der Waals surface area contributed by atoms with E-state index in [-0.39, 0.29) is 0 Å². The van der Waals surface area contributed by atoms with Gasteiger partial charge in [-0.15, -0.1) is 11.3 Å². The Labute approximate surface area is 145 Å². The van der Waals surface area contributed by atoms with Crippen LogP contribution in [-0.4, -0.2) is 24.5 Å². The molecule has 1 heterocycles. The summed E-state index contributed by atoms with van der Waals surface area (Å²) in [5.74, 6) is -0.590. The third-order valence-electron chi connectivity index (χ3n) is 3.51. The van der Waals surface area contributed by atoms with E-state index in [1.54, 1.807) is 24.5 Å². The largest absolute Gasteiger partial charge is 0.356 e. The minimum absolute atomic E-state index is 0.347. The highest BCUT2D eigenvalue weighted by Crippen LogP contribution is 2.17. The third kappa shape index (κ3) is 4.99. The second-order valence-corrected chi connectivity index (χ2v) is 6.58. The summed E-state index contributed by atoms with van der Waals surface area (Å²) in [4.78, 5) is 8.67. The van der Waals surface area contributed by atoms with Crippen molar-refractivity contribution in [2.45, 2.75) is 32.7 Å². The summed E-state index contributed by atoms with van der Waals surface area (Å²) in [6.07, 6.45) is 0.374. The van der Waals surface area contributed by atoms with Crippen molar-refractivity contribution in [2.75, 3.05) is 13.6 Å². The Balaban J connectivity index is 1.81. The quantitative estimate of drug-likeness (QED) is 0.618. The molecule has 7 heteroatoms. The topological polar surface area (TPSA) is 49.3 Å². The highest BCUT2D eigenvalue weighted by Gasteiger charge is 2.08. The Hall–Kier alpha value is -2.02. The van der Waals surface area contributed by atoms with Crippen molar-refractivity contribution in [3.63, 3.8) is 0 Å². The summed E-state index contributed by atoms with van der Waals surface area (Å²) < 4.78 is 26.8. The van der Waals surface area contributed by atoms with Gasteiger partial charge in [0.1, 0.15) is 5.01 Å². The number of aromatic nitrogens is 1. The molecule has 0 fully saturated rings. The Kier molecular flexibility index (Phi) is 6.66. The fourth-order valence-corrected chi connectivity index (χ4v) is 3.00. The van der Waals surface area contributed by atoms with E-state index in [2.05, 4.69) is 39.8 Å². The fourth-order valence-electron chi connectivity index (χ4n) is 2.11. The van der Waals surface area contributed by atoms with E-state index in [1.807, 2.05) is 0 Å². The molecule has 24 heavy (non-hydrogen) atoms. The van der Waals surface area contributed by atoms with Crippen molar-refractivity contribution >= 4 is 17.3 Å². The lowest BCUT2D eigenvalue weighted by Crippen LogP contribution is -2.37. The maximum Gasteiger partial charge on any atom is 0.191 e. The molecule has 4 nitrogen and oxygen atoms in total. The number of nitrogens with one attached hydrogen (secondary N) is 2. The average Bonchev–Trinajstić information content (AvgIpc) is 3.04. The molecule has 1 aromatic carbocycles. The SMILES string of the molecule is CN=C(NCCc1cccc(F)c1F)NCc1nc(C(C)C)cs1. The Morgan fingerprint density at radius 1 is 1.29 bits per heavy atom. The predicted molar refractivity (Wildman–Crippen MR) is 94.5 cm³/mol. The molecule has 2 rings (SSSR count). The molecule has 130 valence electrons. The van der Waals surface area contributed by atoms with Crippen LogP contribution in [0.5, 0.6) is 0 Å². The molecule has 0 radical (unpaired) electrons. The van der Waals surface area contributed by atoms with Gasteiger partial charge in [-0.2, -0.15) is 0 Å². The molecule has 0 unspecified atom stereocenters. The van der Waals surface area contributed by atoms with Crippen molar-refractivity contribution < 1.29 is 8.78 Å². The van der Waals surface area contributed by atoms with Gasteiger partial charge in [0.25, 0.3) is 0 Å². The lowest BCUT2D eigenvalue weighted by Gasteiger charge is -2.11.